The van der Waals surface area contributed by atoms with E-state index in [1.165, 1.54) is 276 Å². The second-order valence-corrected chi connectivity index (χ2v) is 33.6. The van der Waals surface area contributed by atoms with Crippen molar-refractivity contribution in [3.05, 3.63) is 0 Å². The number of phosphoric acid groups is 2. The minimum absolute atomic E-state index is 0.108. The lowest BCUT2D eigenvalue weighted by Gasteiger charge is -2.21. The summed E-state index contributed by atoms with van der Waals surface area (Å²) in [5.41, 5.74) is 0. The molecular weight excluding hydrogens is 1340 g/mol. The molecule has 0 spiro atoms. The molecular formula is C84H164O17P2. The first-order chi connectivity index (χ1) is 50.0. The fraction of sp³-hybridized carbons (Fsp3) is 0.952. The van der Waals surface area contributed by atoms with E-state index in [2.05, 4.69) is 34.6 Å². The van der Waals surface area contributed by atoms with Crippen LogP contribution in [-0.2, 0) is 65.4 Å². The van der Waals surface area contributed by atoms with E-state index in [0.29, 0.717) is 25.7 Å². The molecule has 0 rings (SSSR count). The van der Waals surface area contributed by atoms with Gasteiger partial charge >= 0.3 is 39.5 Å². The number of esters is 4. The van der Waals surface area contributed by atoms with Crippen molar-refractivity contribution in [2.75, 3.05) is 39.6 Å². The van der Waals surface area contributed by atoms with Gasteiger partial charge in [-0.1, -0.05) is 401 Å². The normalized spacial score (nSPS) is 13.8. The molecule has 612 valence electrons. The minimum Gasteiger partial charge on any atom is -0.462 e. The summed E-state index contributed by atoms with van der Waals surface area (Å²) >= 11 is 0. The fourth-order valence-corrected chi connectivity index (χ4v) is 14.7. The van der Waals surface area contributed by atoms with Gasteiger partial charge in [0.15, 0.2) is 12.2 Å². The van der Waals surface area contributed by atoms with E-state index < -0.39 is 97.5 Å². The number of phosphoric ester groups is 2. The highest BCUT2D eigenvalue weighted by molar-refractivity contribution is 7.47. The van der Waals surface area contributed by atoms with Gasteiger partial charge in [-0.25, -0.2) is 9.13 Å². The molecule has 0 heterocycles. The summed E-state index contributed by atoms with van der Waals surface area (Å²) in [6.07, 6.45) is 69.5. The number of hydrogen-bond donors (Lipinski definition) is 3. The smallest absolute Gasteiger partial charge is 0.462 e. The number of unbranched alkanes of at least 4 members (excludes halogenated alkanes) is 56. The van der Waals surface area contributed by atoms with E-state index in [0.717, 1.165) is 95.8 Å². The molecule has 0 saturated carbocycles. The van der Waals surface area contributed by atoms with Gasteiger partial charge in [-0.3, -0.25) is 37.3 Å². The Labute approximate surface area is 632 Å². The number of hydrogen-bond acceptors (Lipinski definition) is 15. The molecule has 0 aliphatic heterocycles. The Morgan fingerprint density at radius 2 is 0.447 bits per heavy atom. The molecule has 0 amide bonds. The van der Waals surface area contributed by atoms with Crippen molar-refractivity contribution in [3.8, 4) is 0 Å². The highest BCUT2D eigenvalue weighted by Gasteiger charge is 2.30. The SMILES string of the molecule is CCCCCCCCCCCCCCCCCCCCCCCCC(=O)O[C@H](COC(=O)CCCCCCCCCCCCCCCCCCC(C)C)COP(=O)(O)OC[C@@H](O)COP(=O)(O)OC[C@@H](COC(=O)CCCCCCCCCCCC)OC(=O)CCCCCCCCCCCCCC. The second-order valence-electron chi connectivity index (χ2n) is 30.7. The lowest BCUT2D eigenvalue weighted by molar-refractivity contribution is -0.161. The number of aliphatic hydroxyl groups is 1. The number of rotatable bonds is 84. The Bertz CT molecular complexity index is 1960. The highest BCUT2D eigenvalue weighted by Crippen LogP contribution is 2.45. The number of aliphatic hydroxyl groups excluding tert-OH is 1. The monoisotopic (exact) mass is 1510 g/mol. The van der Waals surface area contributed by atoms with Crippen LogP contribution >= 0.6 is 15.6 Å². The van der Waals surface area contributed by atoms with Crippen molar-refractivity contribution in [1.82, 2.24) is 0 Å². The molecule has 0 bridgehead atoms. The molecule has 5 atom stereocenters. The van der Waals surface area contributed by atoms with Crippen LogP contribution in [0.2, 0.25) is 0 Å². The van der Waals surface area contributed by atoms with E-state index in [-0.39, 0.29) is 25.7 Å². The molecule has 0 fully saturated rings. The molecule has 0 saturated heterocycles. The van der Waals surface area contributed by atoms with Crippen molar-refractivity contribution in [3.63, 3.8) is 0 Å². The summed E-state index contributed by atoms with van der Waals surface area (Å²) in [6, 6.07) is 0. The third-order valence-corrected chi connectivity index (χ3v) is 21.7. The molecule has 17 nitrogen and oxygen atoms in total. The Balaban J connectivity index is 5.19. The van der Waals surface area contributed by atoms with Gasteiger partial charge < -0.3 is 33.8 Å². The van der Waals surface area contributed by atoms with E-state index >= 15 is 0 Å². The molecule has 0 aliphatic rings. The van der Waals surface area contributed by atoms with Gasteiger partial charge in [0, 0.05) is 25.7 Å². The van der Waals surface area contributed by atoms with Gasteiger partial charge in [0.25, 0.3) is 0 Å². The topological polar surface area (TPSA) is 237 Å². The van der Waals surface area contributed by atoms with Crippen LogP contribution in [0.1, 0.15) is 452 Å². The summed E-state index contributed by atoms with van der Waals surface area (Å²) < 4.78 is 68.8. The molecule has 3 N–H and O–H groups in total. The van der Waals surface area contributed by atoms with Crippen LogP contribution < -0.4 is 0 Å². The molecule has 19 heteroatoms. The first-order valence-corrected chi connectivity index (χ1v) is 46.6. The Kier molecular flexibility index (Phi) is 75.4. The quantitative estimate of drug-likeness (QED) is 0.0222. The summed E-state index contributed by atoms with van der Waals surface area (Å²) in [5.74, 6) is -1.29. The maximum atomic E-state index is 13.1. The highest BCUT2D eigenvalue weighted by atomic mass is 31.2. The van der Waals surface area contributed by atoms with Crippen LogP contribution in [-0.4, -0.2) is 96.7 Å². The largest absolute Gasteiger partial charge is 0.472 e. The number of carbonyl (C=O) groups excluding carboxylic acids is 4. The zero-order valence-corrected chi connectivity index (χ0v) is 69.3. The minimum atomic E-state index is -4.96. The molecule has 0 aromatic carbocycles. The standard InChI is InChI=1S/C84H164O17P2/c1-6-9-12-15-18-21-24-26-27-28-29-30-31-32-33-38-41-45-50-55-60-65-70-84(89)101-80(74-95-82(87)68-63-58-53-48-44-40-37-35-34-36-39-42-46-51-56-61-66-77(4)5)76-99-103(92,93)97-72-78(85)71-96-102(90,91)98-75-79(73-94-81(86)67-62-57-52-47-23-20-17-14-11-8-3)100-83(88)69-64-59-54-49-43-25-22-19-16-13-10-7-2/h77-80,85H,6-76H2,1-5H3,(H,90,91)(H,92,93)/t78-,79+,80+/m0/s1. The molecule has 0 aliphatic carbocycles. The Morgan fingerprint density at radius 1 is 0.262 bits per heavy atom. The lowest BCUT2D eigenvalue weighted by Crippen LogP contribution is -2.30. The third kappa shape index (κ3) is 78.0. The Hall–Kier alpha value is -1.94. The average molecular weight is 1510 g/mol. The summed E-state index contributed by atoms with van der Waals surface area (Å²) in [4.78, 5) is 73.1. The molecule has 0 aromatic rings. The predicted molar refractivity (Wildman–Crippen MR) is 423 cm³/mol. The van der Waals surface area contributed by atoms with E-state index in [1.54, 1.807) is 0 Å². The van der Waals surface area contributed by atoms with Crippen LogP contribution in [0, 0.1) is 5.92 Å². The van der Waals surface area contributed by atoms with E-state index in [9.17, 15) is 43.2 Å². The first kappa shape index (κ1) is 101. The maximum absolute atomic E-state index is 13.1. The van der Waals surface area contributed by atoms with Gasteiger partial charge in [-0.05, 0) is 31.6 Å². The summed E-state index contributed by atoms with van der Waals surface area (Å²) in [7, 11) is -9.92. The van der Waals surface area contributed by atoms with Crippen LogP contribution in [0.25, 0.3) is 0 Å². The number of carbonyl (C=O) groups is 4. The maximum Gasteiger partial charge on any atom is 0.472 e. The molecule has 103 heavy (non-hydrogen) atoms. The summed E-state index contributed by atoms with van der Waals surface area (Å²) in [6.45, 7) is 7.37. The van der Waals surface area contributed by atoms with Gasteiger partial charge in [0.2, 0.25) is 0 Å². The van der Waals surface area contributed by atoms with Crippen molar-refractivity contribution in [1.29, 1.82) is 0 Å². The van der Waals surface area contributed by atoms with Crippen molar-refractivity contribution in [2.24, 2.45) is 5.92 Å². The number of ether oxygens (including phenoxy) is 4. The van der Waals surface area contributed by atoms with Crippen LogP contribution in [0.4, 0.5) is 0 Å². The molecule has 0 radical (unpaired) electrons. The Morgan fingerprint density at radius 3 is 0.660 bits per heavy atom. The lowest BCUT2D eigenvalue weighted by atomic mass is 10.0. The predicted octanol–water partition coefficient (Wildman–Crippen LogP) is 25.6. The molecule has 2 unspecified atom stereocenters. The van der Waals surface area contributed by atoms with Gasteiger partial charge in [0.05, 0.1) is 26.4 Å². The molecule has 0 aromatic heterocycles. The van der Waals surface area contributed by atoms with Crippen LogP contribution in [0.5, 0.6) is 0 Å². The zero-order chi connectivity index (χ0) is 75.5. The first-order valence-electron chi connectivity index (χ1n) is 43.6. The van der Waals surface area contributed by atoms with Crippen molar-refractivity contribution >= 4 is 39.5 Å². The average Bonchev–Trinajstić information content (AvgIpc) is 0.918. The van der Waals surface area contributed by atoms with Crippen molar-refractivity contribution < 1.29 is 80.2 Å². The van der Waals surface area contributed by atoms with Crippen LogP contribution in [0.3, 0.4) is 0 Å². The van der Waals surface area contributed by atoms with Crippen molar-refractivity contribution in [2.45, 2.75) is 470 Å². The van der Waals surface area contributed by atoms with Gasteiger partial charge in [-0.2, -0.15) is 0 Å². The second kappa shape index (κ2) is 76.8. The van der Waals surface area contributed by atoms with Gasteiger partial charge in [-0.15, -0.1) is 0 Å². The zero-order valence-electron chi connectivity index (χ0n) is 67.5. The van der Waals surface area contributed by atoms with Gasteiger partial charge in [0.1, 0.15) is 19.3 Å². The fourth-order valence-electron chi connectivity index (χ4n) is 13.1. The van der Waals surface area contributed by atoms with E-state index in [4.69, 9.17) is 37.0 Å². The third-order valence-electron chi connectivity index (χ3n) is 19.8. The van der Waals surface area contributed by atoms with Crippen LogP contribution in [0.15, 0.2) is 0 Å². The van der Waals surface area contributed by atoms with E-state index in [1.807, 2.05) is 0 Å². The summed E-state index contributed by atoms with van der Waals surface area (Å²) in [5, 5.41) is 10.7.